The van der Waals surface area contributed by atoms with Crippen LogP contribution in [0.5, 0.6) is 0 Å². The van der Waals surface area contributed by atoms with Crippen LogP contribution in [0.2, 0.25) is 0 Å². The van der Waals surface area contributed by atoms with E-state index in [1.54, 1.807) is 0 Å². The van der Waals surface area contributed by atoms with Crippen molar-refractivity contribution >= 4 is 5.69 Å². The van der Waals surface area contributed by atoms with Crippen LogP contribution in [-0.4, -0.2) is 24.1 Å². The lowest BCUT2D eigenvalue weighted by atomic mass is 10.1. The van der Waals surface area contributed by atoms with Gasteiger partial charge in [-0.05, 0) is 37.9 Å². The van der Waals surface area contributed by atoms with E-state index in [4.69, 9.17) is 0 Å². The highest BCUT2D eigenvalue weighted by molar-refractivity contribution is 5.48. The minimum Gasteiger partial charge on any atom is -0.368 e. The molecule has 1 aromatic rings. The van der Waals surface area contributed by atoms with Crippen LogP contribution in [0.4, 0.5) is 5.69 Å². The molecule has 0 aliphatic carbocycles. The van der Waals surface area contributed by atoms with Crippen molar-refractivity contribution in [2.24, 2.45) is 0 Å². The fraction of sp³-hybridized carbons (Fsp3) is 0.643. The van der Waals surface area contributed by atoms with Gasteiger partial charge in [-0.1, -0.05) is 13.8 Å². The van der Waals surface area contributed by atoms with Crippen molar-refractivity contribution in [3.63, 3.8) is 0 Å². The molecule has 1 N–H and O–H groups in total. The molecule has 1 aromatic heterocycles. The van der Waals surface area contributed by atoms with Gasteiger partial charge in [-0.25, -0.2) is 0 Å². The first-order chi connectivity index (χ1) is 8.35. The second-order valence-electron chi connectivity index (χ2n) is 4.68. The standard InChI is InChI=1S/C14H23N3/c1-3-13-6-5-9-17(13)14-7-8-16-12(10-14)11-15-4-2/h7-8,10,13,15H,3-6,9,11H2,1-2H3. The lowest BCUT2D eigenvalue weighted by molar-refractivity contribution is 0.644. The van der Waals surface area contributed by atoms with Gasteiger partial charge < -0.3 is 10.2 Å². The Morgan fingerprint density at radius 3 is 3.12 bits per heavy atom. The van der Waals surface area contributed by atoms with Gasteiger partial charge in [-0.2, -0.15) is 0 Å². The van der Waals surface area contributed by atoms with Gasteiger partial charge in [-0.3, -0.25) is 4.98 Å². The van der Waals surface area contributed by atoms with E-state index in [9.17, 15) is 0 Å². The van der Waals surface area contributed by atoms with Crippen LogP contribution in [0.15, 0.2) is 18.3 Å². The van der Waals surface area contributed by atoms with Crippen molar-refractivity contribution in [2.45, 2.75) is 45.7 Å². The second-order valence-corrected chi connectivity index (χ2v) is 4.68. The number of pyridine rings is 1. The zero-order valence-electron chi connectivity index (χ0n) is 10.9. The van der Waals surface area contributed by atoms with Gasteiger partial charge in [0.25, 0.3) is 0 Å². The molecule has 94 valence electrons. The van der Waals surface area contributed by atoms with E-state index < -0.39 is 0 Å². The van der Waals surface area contributed by atoms with E-state index in [0.717, 1.165) is 24.8 Å². The summed E-state index contributed by atoms with van der Waals surface area (Å²) < 4.78 is 0. The summed E-state index contributed by atoms with van der Waals surface area (Å²) >= 11 is 0. The first-order valence-corrected chi connectivity index (χ1v) is 6.77. The topological polar surface area (TPSA) is 28.2 Å². The molecule has 3 heteroatoms. The zero-order chi connectivity index (χ0) is 12.1. The molecular formula is C14H23N3. The highest BCUT2D eigenvalue weighted by Gasteiger charge is 2.22. The molecule has 3 nitrogen and oxygen atoms in total. The SMILES string of the molecule is CCNCc1cc(N2CCCC2CC)ccn1. The molecule has 0 bridgehead atoms. The molecule has 1 atom stereocenters. The third kappa shape index (κ3) is 2.97. The predicted molar refractivity (Wildman–Crippen MR) is 72.3 cm³/mol. The molecule has 1 fully saturated rings. The van der Waals surface area contributed by atoms with Crippen LogP contribution in [0, 0.1) is 0 Å². The highest BCUT2D eigenvalue weighted by Crippen LogP contribution is 2.27. The largest absolute Gasteiger partial charge is 0.368 e. The first kappa shape index (κ1) is 12.4. The third-order valence-electron chi connectivity index (χ3n) is 3.54. The van der Waals surface area contributed by atoms with E-state index >= 15 is 0 Å². The number of nitrogens with zero attached hydrogens (tertiary/aromatic N) is 2. The van der Waals surface area contributed by atoms with Crippen molar-refractivity contribution < 1.29 is 0 Å². The fourth-order valence-corrected chi connectivity index (χ4v) is 2.59. The van der Waals surface area contributed by atoms with Gasteiger partial charge in [0.05, 0.1) is 5.69 Å². The van der Waals surface area contributed by atoms with Gasteiger partial charge in [0.1, 0.15) is 0 Å². The fourth-order valence-electron chi connectivity index (χ4n) is 2.59. The molecule has 2 heterocycles. The Labute approximate surface area is 104 Å². The molecule has 0 spiro atoms. The van der Waals surface area contributed by atoms with Crippen LogP contribution in [0.1, 0.15) is 38.8 Å². The monoisotopic (exact) mass is 233 g/mol. The average molecular weight is 233 g/mol. The van der Waals surface area contributed by atoms with Crippen molar-refractivity contribution in [3.05, 3.63) is 24.0 Å². The van der Waals surface area contributed by atoms with Crippen molar-refractivity contribution in [1.82, 2.24) is 10.3 Å². The van der Waals surface area contributed by atoms with Crippen molar-refractivity contribution in [1.29, 1.82) is 0 Å². The predicted octanol–water partition coefficient (Wildman–Crippen LogP) is 2.57. The third-order valence-corrected chi connectivity index (χ3v) is 3.54. The number of hydrogen-bond donors (Lipinski definition) is 1. The Morgan fingerprint density at radius 2 is 2.35 bits per heavy atom. The molecule has 0 saturated carbocycles. The van der Waals surface area contributed by atoms with E-state index in [0.29, 0.717) is 0 Å². The van der Waals surface area contributed by atoms with Gasteiger partial charge in [0.15, 0.2) is 0 Å². The summed E-state index contributed by atoms with van der Waals surface area (Å²) in [5.74, 6) is 0. The van der Waals surface area contributed by atoms with Gasteiger partial charge in [-0.15, -0.1) is 0 Å². The number of rotatable bonds is 5. The summed E-state index contributed by atoms with van der Waals surface area (Å²) in [7, 11) is 0. The number of nitrogens with one attached hydrogen (secondary N) is 1. The van der Waals surface area contributed by atoms with Crippen LogP contribution >= 0.6 is 0 Å². The summed E-state index contributed by atoms with van der Waals surface area (Å²) in [6.45, 7) is 7.46. The first-order valence-electron chi connectivity index (χ1n) is 6.77. The maximum atomic E-state index is 4.41. The number of anilines is 1. The summed E-state index contributed by atoms with van der Waals surface area (Å²) in [6.07, 6.45) is 5.84. The van der Waals surface area contributed by atoms with E-state index in [-0.39, 0.29) is 0 Å². The molecular weight excluding hydrogens is 210 g/mol. The number of aromatic nitrogens is 1. The van der Waals surface area contributed by atoms with Crippen molar-refractivity contribution in [3.8, 4) is 0 Å². The zero-order valence-corrected chi connectivity index (χ0v) is 10.9. The molecule has 2 rings (SSSR count). The Kier molecular flexibility index (Phi) is 4.37. The van der Waals surface area contributed by atoms with Gasteiger partial charge in [0, 0.05) is 31.0 Å². The smallest absolute Gasteiger partial charge is 0.0562 e. The minimum atomic E-state index is 0.726. The van der Waals surface area contributed by atoms with Crippen LogP contribution in [0.3, 0.4) is 0 Å². The van der Waals surface area contributed by atoms with Crippen LogP contribution < -0.4 is 10.2 Å². The lowest BCUT2D eigenvalue weighted by Crippen LogP contribution is -2.28. The minimum absolute atomic E-state index is 0.726. The van der Waals surface area contributed by atoms with E-state index in [2.05, 4.69) is 41.2 Å². The molecule has 0 aromatic carbocycles. The van der Waals surface area contributed by atoms with E-state index in [1.807, 2.05) is 6.20 Å². The quantitative estimate of drug-likeness (QED) is 0.847. The molecule has 1 aliphatic rings. The molecule has 0 radical (unpaired) electrons. The second kappa shape index (κ2) is 6.01. The summed E-state index contributed by atoms with van der Waals surface area (Å²) in [6, 6.07) is 5.10. The summed E-state index contributed by atoms with van der Waals surface area (Å²) in [4.78, 5) is 6.95. The van der Waals surface area contributed by atoms with E-state index in [1.165, 1.54) is 31.5 Å². The highest BCUT2D eigenvalue weighted by atomic mass is 15.2. The molecule has 1 aliphatic heterocycles. The van der Waals surface area contributed by atoms with Gasteiger partial charge >= 0.3 is 0 Å². The molecule has 0 amide bonds. The van der Waals surface area contributed by atoms with Crippen LogP contribution in [-0.2, 0) is 6.54 Å². The Hall–Kier alpha value is -1.09. The summed E-state index contributed by atoms with van der Waals surface area (Å²) in [5.41, 5.74) is 2.49. The van der Waals surface area contributed by atoms with Crippen LogP contribution in [0.25, 0.3) is 0 Å². The normalized spacial score (nSPS) is 19.9. The summed E-state index contributed by atoms with van der Waals surface area (Å²) in [5, 5.41) is 3.33. The van der Waals surface area contributed by atoms with Gasteiger partial charge in [0.2, 0.25) is 0 Å². The maximum absolute atomic E-state index is 4.41. The molecule has 1 saturated heterocycles. The maximum Gasteiger partial charge on any atom is 0.0562 e. The number of hydrogen-bond acceptors (Lipinski definition) is 3. The molecule has 17 heavy (non-hydrogen) atoms. The lowest BCUT2D eigenvalue weighted by Gasteiger charge is -2.26. The average Bonchev–Trinajstić information content (AvgIpc) is 2.85. The Bertz CT molecular complexity index is 351. The molecule has 1 unspecified atom stereocenters. The Morgan fingerprint density at radius 1 is 1.47 bits per heavy atom. The van der Waals surface area contributed by atoms with Crippen molar-refractivity contribution in [2.75, 3.05) is 18.0 Å². The Balaban J connectivity index is 2.09.